The van der Waals surface area contributed by atoms with Crippen LogP contribution in [-0.4, -0.2) is 27.3 Å². The molecule has 3 nitrogen and oxygen atoms in total. The number of halogens is 1. The largest absolute Gasteiger partial charge is 0.496 e. The minimum Gasteiger partial charge on any atom is -0.496 e. The van der Waals surface area contributed by atoms with Gasteiger partial charge in [-0.3, -0.25) is 0 Å². The molecule has 0 radical (unpaired) electrons. The van der Waals surface area contributed by atoms with Crippen LogP contribution in [0.1, 0.15) is 18.1 Å². The zero-order valence-electron chi connectivity index (χ0n) is 10.2. The van der Waals surface area contributed by atoms with Crippen LogP contribution in [0.15, 0.2) is 22.7 Å². The van der Waals surface area contributed by atoms with E-state index in [1.165, 1.54) is 0 Å². The summed E-state index contributed by atoms with van der Waals surface area (Å²) < 4.78 is 12.3. The predicted molar refractivity (Wildman–Crippen MR) is 71.4 cm³/mol. The molecule has 0 aromatic heterocycles. The lowest BCUT2D eigenvalue weighted by atomic mass is 9.94. The minimum atomic E-state index is 0.134. The van der Waals surface area contributed by atoms with Crippen LogP contribution in [0.25, 0.3) is 0 Å². The number of hydrogen-bond donors (Lipinski definition) is 1. The van der Waals surface area contributed by atoms with Gasteiger partial charge in [-0.25, -0.2) is 0 Å². The molecule has 4 heteroatoms. The molecule has 1 aromatic rings. The molecule has 0 spiro atoms. The molecule has 1 saturated heterocycles. The third-order valence-electron chi connectivity index (χ3n) is 3.18. The van der Waals surface area contributed by atoms with Crippen LogP contribution in [0.3, 0.4) is 0 Å². The molecule has 1 aliphatic heterocycles. The van der Waals surface area contributed by atoms with Crippen molar-refractivity contribution in [3.8, 4) is 5.75 Å². The van der Waals surface area contributed by atoms with Crippen molar-refractivity contribution in [2.24, 2.45) is 5.92 Å². The van der Waals surface area contributed by atoms with Gasteiger partial charge in [0.15, 0.2) is 0 Å². The number of methoxy groups -OCH3 is 1. The van der Waals surface area contributed by atoms with Crippen LogP contribution in [0, 0.1) is 5.92 Å². The molecule has 94 valence electrons. The molecule has 1 N–H and O–H groups in total. The van der Waals surface area contributed by atoms with Crippen LogP contribution in [0.5, 0.6) is 5.75 Å². The van der Waals surface area contributed by atoms with E-state index in [9.17, 15) is 0 Å². The Kier molecular flexibility index (Phi) is 4.42. The zero-order chi connectivity index (χ0) is 12.3. The molecular weight excluding hydrogens is 282 g/mol. The zero-order valence-corrected chi connectivity index (χ0v) is 11.8. The third-order valence-corrected chi connectivity index (χ3v) is 3.67. The minimum absolute atomic E-state index is 0.134. The highest BCUT2D eigenvalue weighted by Gasteiger charge is 2.31. The molecule has 0 bridgehead atoms. The lowest BCUT2D eigenvalue weighted by molar-refractivity contribution is 0.0886. The van der Waals surface area contributed by atoms with Crippen LogP contribution in [0.2, 0.25) is 0 Å². The summed E-state index contributed by atoms with van der Waals surface area (Å²) in [6.07, 6.45) is 1.23. The second-order valence-electron chi connectivity index (χ2n) is 4.28. The maximum Gasteiger partial charge on any atom is 0.124 e. The summed E-state index contributed by atoms with van der Waals surface area (Å²) in [6.45, 7) is 1.80. The molecular formula is C13H18BrNO2. The molecule has 1 heterocycles. The maximum atomic E-state index is 5.86. The van der Waals surface area contributed by atoms with E-state index in [0.717, 1.165) is 35.4 Å². The Hall–Kier alpha value is -0.580. The van der Waals surface area contributed by atoms with E-state index in [1.807, 2.05) is 19.2 Å². The average molecular weight is 300 g/mol. The Morgan fingerprint density at radius 2 is 2.35 bits per heavy atom. The topological polar surface area (TPSA) is 30.5 Å². The maximum absolute atomic E-state index is 5.86. The van der Waals surface area contributed by atoms with Gasteiger partial charge in [-0.15, -0.1) is 0 Å². The van der Waals surface area contributed by atoms with Crippen LogP contribution >= 0.6 is 15.9 Å². The van der Waals surface area contributed by atoms with Crippen LogP contribution in [0.4, 0.5) is 0 Å². The smallest absolute Gasteiger partial charge is 0.124 e. The Labute approximate surface area is 111 Å². The Morgan fingerprint density at radius 3 is 3.06 bits per heavy atom. The number of hydrogen-bond acceptors (Lipinski definition) is 3. The van der Waals surface area contributed by atoms with E-state index in [0.29, 0.717) is 5.92 Å². The summed E-state index contributed by atoms with van der Waals surface area (Å²) in [7, 11) is 3.68. The van der Waals surface area contributed by atoms with Gasteiger partial charge in [0, 0.05) is 29.1 Å². The summed E-state index contributed by atoms with van der Waals surface area (Å²) in [5.41, 5.74) is 1.14. The molecule has 0 saturated carbocycles. The van der Waals surface area contributed by atoms with E-state index in [-0.39, 0.29) is 6.10 Å². The van der Waals surface area contributed by atoms with Crippen molar-refractivity contribution in [3.05, 3.63) is 28.2 Å². The van der Waals surface area contributed by atoms with E-state index < -0.39 is 0 Å². The fourth-order valence-corrected chi connectivity index (χ4v) is 2.76. The molecule has 1 aromatic carbocycles. The van der Waals surface area contributed by atoms with Crippen LogP contribution in [-0.2, 0) is 4.74 Å². The van der Waals surface area contributed by atoms with Crippen molar-refractivity contribution in [3.63, 3.8) is 0 Å². The molecule has 2 rings (SSSR count). The highest BCUT2D eigenvalue weighted by molar-refractivity contribution is 9.10. The van der Waals surface area contributed by atoms with Crippen molar-refractivity contribution >= 4 is 15.9 Å². The molecule has 1 fully saturated rings. The van der Waals surface area contributed by atoms with Gasteiger partial charge in [0.2, 0.25) is 0 Å². The number of rotatable bonds is 4. The van der Waals surface area contributed by atoms with E-state index in [2.05, 4.69) is 27.3 Å². The highest BCUT2D eigenvalue weighted by atomic mass is 79.9. The Morgan fingerprint density at radius 1 is 1.53 bits per heavy atom. The number of ether oxygens (including phenoxy) is 2. The Bertz CT molecular complexity index is 384. The van der Waals surface area contributed by atoms with Gasteiger partial charge in [-0.2, -0.15) is 0 Å². The van der Waals surface area contributed by atoms with Gasteiger partial charge < -0.3 is 14.8 Å². The molecule has 1 aliphatic rings. The van der Waals surface area contributed by atoms with E-state index in [4.69, 9.17) is 9.47 Å². The van der Waals surface area contributed by atoms with Gasteiger partial charge in [0.05, 0.1) is 13.2 Å². The van der Waals surface area contributed by atoms with E-state index in [1.54, 1.807) is 7.11 Å². The first-order chi connectivity index (χ1) is 8.26. The number of nitrogens with one attached hydrogen (secondary N) is 1. The van der Waals surface area contributed by atoms with Gasteiger partial charge in [-0.1, -0.05) is 15.9 Å². The summed E-state index contributed by atoms with van der Waals surface area (Å²) in [4.78, 5) is 0. The van der Waals surface area contributed by atoms with Gasteiger partial charge >= 0.3 is 0 Å². The number of benzene rings is 1. The lowest BCUT2D eigenvalue weighted by Gasteiger charge is -2.21. The molecule has 0 aliphatic carbocycles. The SMILES string of the molecule is CNCC1CCOC1c1cc(Br)ccc1OC. The fourth-order valence-electron chi connectivity index (χ4n) is 2.38. The lowest BCUT2D eigenvalue weighted by Crippen LogP contribution is -2.21. The normalized spacial score (nSPS) is 23.9. The molecule has 2 unspecified atom stereocenters. The summed E-state index contributed by atoms with van der Waals surface area (Å²) in [6, 6.07) is 6.07. The quantitative estimate of drug-likeness (QED) is 0.927. The van der Waals surface area contributed by atoms with Crippen molar-refractivity contribution in [2.45, 2.75) is 12.5 Å². The van der Waals surface area contributed by atoms with Crippen molar-refractivity contribution in [2.75, 3.05) is 27.3 Å². The standard InChI is InChI=1S/C13H18BrNO2/c1-15-8-9-5-6-17-13(9)11-7-10(14)3-4-12(11)16-2/h3-4,7,9,13,15H,5-6,8H2,1-2H3. The average Bonchev–Trinajstić information content (AvgIpc) is 2.77. The second kappa shape index (κ2) is 5.85. The van der Waals surface area contributed by atoms with Gasteiger partial charge in [0.25, 0.3) is 0 Å². The van der Waals surface area contributed by atoms with Gasteiger partial charge in [-0.05, 0) is 31.7 Å². The molecule has 2 atom stereocenters. The second-order valence-corrected chi connectivity index (χ2v) is 5.20. The first kappa shape index (κ1) is 12.9. The van der Waals surface area contributed by atoms with Gasteiger partial charge in [0.1, 0.15) is 5.75 Å². The van der Waals surface area contributed by atoms with E-state index >= 15 is 0 Å². The molecule has 0 amide bonds. The van der Waals surface area contributed by atoms with Crippen molar-refractivity contribution in [1.29, 1.82) is 0 Å². The fraction of sp³-hybridized carbons (Fsp3) is 0.538. The molecule has 17 heavy (non-hydrogen) atoms. The highest BCUT2D eigenvalue weighted by Crippen LogP contribution is 2.39. The first-order valence-corrected chi connectivity index (χ1v) is 6.65. The van der Waals surface area contributed by atoms with Crippen molar-refractivity contribution in [1.82, 2.24) is 5.32 Å². The third kappa shape index (κ3) is 2.81. The first-order valence-electron chi connectivity index (χ1n) is 5.86. The summed E-state index contributed by atoms with van der Waals surface area (Å²) in [5, 5.41) is 3.23. The van der Waals surface area contributed by atoms with Crippen LogP contribution < -0.4 is 10.1 Å². The monoisotopic (exact) mass is 299 g/mol. The Balaban J connectivity index is 2.28. The van der Waals surface area contributed by atoms with Crippen molar-refractivity contribution < 1.29 is 9.47 Å². The predicted octanol–water partition coefficient (Wildman–Crippen LogP) is 2.75. The summed E-state index contributed by atoms with van der Waals surface area (Å²) >= 11 is 3.50. The summed E-state index contributed by atoms with van der Waals surface area (Å²) in [5.74, 6) is 1.42.